The standard InChI is InChI=1S/C23H32N4O/c1-25-15-11-24-23(25)21-8-5-12-27(18-21)22(28)16-19-9-13-26(14-10-19)17-20-6-3-2-4-7-20/h2-4,6-7,11,15,19,21H,5,8-10,12-14,16-18H2,1H3. The van der Waals surface area contributed by atoms with Gasteiger partial charge in [-0.2, -0.15) is 0 Å². The Hall–Kier alpha value is -2.14. The SMILES string of the molecule is Cn1ccnc1C1CCCN(C(=O)CC2CCN(Cc3ccccc3)CC2)C1. The van der Waals surface area contributed by atoms with Gasteiger partial charge in [-0.25, -0.2) is 4.98 Å². The lowest BCUT2D eigenvalue weighted by Crippen LogP contribution is -2.41. The second kappa shape index (κ2) is 8.91. The maximum Gasteiger partial charge on any atom is 0.222 e. The van der Waals surface area contributed by atoms with Crippen LogP contribution in [0.4, 0.5) is 0 Å². The molecule has 4 rings (SSSR count). The fourth-order valence-corrected chi connectivity index (χ4v) is 4.75. The van der Waals surface area contributed by atoms with Crippen LogP contribution in [0.3, 0.4) is 0 Å². The number of amides is 1. The number of benzene rings is 1. The second-order valence-corrected chi connectivity index (χ2v) is 8.48. The average Bonchev–Trinajstić information content (AvgIpc) is 3.16. The maximum atomic E-state index is 12.9. The van der Waals surface area contributed by atoms with Crippen molar-refractivity contribution in [1.29, 1.82) is 0 Å². The largest absolute Gasteiger partial charge is 0.342 e. The molecule has 1 aromatic heterocycles. The molecule has 0 radical (unpaired) electrons. The van der Waals surface area contributed by atoms with E-state index < -0.39 is 0 Å². The summed E-state index contributed by atoms with van der Waals surface area (Å²) >= 11 is 0. The highest BCUT2D eigenvalue weighted by Crippen LogP contribution is 2.28. The molecule has 2 aromatic rings. The Morgan fingerprint density at radius 2 is 1.89 bits per heavy atom. The molecule has 1 atom stereocenters. The first-order chi connectivity index (χ1) is 13.7. The van der Waals surface area contributed by atoms with Gasteiger partial charge in [0.05, 0.1) is 0 Å². The van der Waals surface area contributed by atoms with Gasteiger partial charge in [-0.05, 0) is 50.3 Å². The normalized spacial score (nSPS) is 21.8. The number of piperidine rings is 2. The number of carbonyl (C=O) groups excluding carboxylic acids is 1. The van der Waals surface area contributed by atoms with E-state index in [1.807, 2.05) is 19.4 Å². The predicted molar refractivity (Wildman–Crippen MR) is 111 cm³/mol. The number of hydrogen-bond donors (Lipinski definition) is 0. The molecule has 0 saturated carbocycles. The van der Waals surface area contributed by atoms with Crippen molar-refractivity contribution in [2.24, 2.45) is 13.0 Å². The van der Waals surface area contributed by atoms with Crippen molar-refractivity contribution in [1.82, 2.24) is 19.4 Å². The van der Waals surface area contributed by atoms with Crippen LogP contribution in [0, 0.1) is 5.92 Å². The number of aromatic nitrogens is 2. The van der Waals surface area contributed by atoms with E-state index in [1.165, 1.54) is 5.56 Å². The van der Waals surface area contributed by atoms with Crippen LogP contribution in [0.2, 0.25) is 0 Å². The quantitative estimate of drug-likeness (QED) is 0.798. The monoisotopic (exact) mass is 380 g/mol. The predicted octanol–water partition coefficient (Wildman–Crippen LogP) is 3.43. The first-order valence-corrected chi connectivity index (χ1v) is 10.7. The van der Waals surface area contributed by atoms with Gasteiger partial charge in [-0.1, -0.05) is 30.3 Å². The molecule has 1 unspecified atom stereocenters. The van der Waals surface area contributed by atoms with E-state index in [4.69, 9.17) is 0 Å². The van der Waals surface area contributed by atoms with Gasteiger partial charge in [0.1, 0.15) is 5.82 Å². The van der Waals surface area contributed by atoms with Gasteiger partial charge in [-0.15, -0.1) is 0 Å². The van der Waals surface area contributed by atoms with Crippen molar-refractivity contribution in [2.45, 2.75) is 44.6 Å². The van der Waals surface area contributed by atoms with Crippen molar-refractivity contribution in [3.63, 3.8) is 0 Å². The molecule has 1 amide bonds. The smallest absolute Gasteiger partial charge is 0.222 e. The molecule has 5 nitrogen and oxygen atoms in total. The summed E-state index contributed by atoms with van der Waals surface area (Å²) in [6.07, 6.45) is 9.06. The molecule has 150 valence electrons. The Kier molecular flexibility index (Phi) is 6.10. The molecule has 2 aliphatic heterocycles. The molecule has 3 heterocycles. The molecule has 1 aromatic carbocycles. The van der Waals surface area contributed by atoms with Crippen LogP contribution < -0.4 is 0 Å². The molecular formula is C23H32N4O. The summed E-state index contributed by atoms with van der Waals surface area (Å²) in [5, 5.41) is 0. The molecular weight excluding hydrogens is 348 g/mol. The Morgan fingerprint density at radius 3 is 2.61 bits per heavy atom. The van der Waals surface area contributed by atoms with E-state index in [2.05, 4.69) is 49.7 Å². The third kappa shape index (κ3) is 4.64. The van der Waals surface area contributed by atoms with Crippen molar-refractivity contribution in [2.75, 3.05) is 26.2 Å². The second-order valence-electron chi connectivity index (χ2n) is 8.48. The van der Waals surface area contributed by atoms with E-state index in [-0.39, 0.29) is 0 Å². The first-order valence-electron chi connectivity index (χ1n) is 10.7. The van der Waals surface area contributed by atoms with Crippen molar-refractivity contribution < 1.29 is 4.79 Å². The topological polar surface area (TPSA) is 41.4 Å². The van der Waals surface area contributed by atoms with Gasteiger partial charge in [0.25, 0.3) is 0 Å². The molecule has 0 aliphatic carbocycles. The zero-order chi connectivity index (χ0) is 19.3. The van der Waals surface area contributed by atoms with E-state index >= 15 is 0 Å². The zero-order valence-electron chi connectivity index (χ0n) is 17.0. The van der Waals surface area contributed by atoms with Crippen LogP contribution in [0.5, 0.6) is 0 Å². The Labute approximate surface area is 168 Å². The van der Waals surface area contributed by atoms with Gasteiger partial charge in [0.15, 0.2) is 0 Å². The molecule has 2 fully saturated rings. The Balaban J connectivity index is 1.25. The fourth-order valence-electron chi connectivity index (χ4n) is 4.75. The number of likely N-dealkylation sites (tertiary alicyclic amines) is 2. The number of aryl methyl sites for hydroxylation is 1. The highest BCUT2D eigenvalue weighted by molar-refractivity contribution is 5.76. The van der Waals surface area contributed by atoms with Crippen molar-refractivity contribution in [3.05, 3.63) is 54.1 Å². The lowest BCUT2D eigenvalue weighted by atomic mass is 9.91. The van der Waals surface area contributed by atoms with E-state index in [0.29, 0.717) is 24.2 Å². The number of hydrogen-bond acceptors (Lipinski definition) is 3. The number of carbonyl (C=O) groups is 1. The highest BCUT2D eigenvalue weighted by Gasteiger charge is 2.29. The van der Waals surface area contributed by atoms with Gasteiger partial charge in [0, 0.05) is 51.4 Å². The molecule has 2 saturated heterocycles. The summed E-state index contributed by atoms with van der Waals surface area (Å²) in [7, 11) is 2.05. The van der Waals surface area contributed by atoms with Crippen LogP contribution in [-0.4, -0.2) is 51.4 Å². The van der Waals surface area contributed by atoms with E-state index in [9.17, 15) is 4.79 Å². The average molecular weight is 381 g/mol. The number of imidazole rings is 1. The molecule has 0 N–H and O–H groups in total. The van der Waals surface area contributed by atoms with Crippen LogP contribution in [0.1, 0.15) is 49.4 Å². The number of nitrogens with zero attached hydrogens (tertiary/aromatic N) is 4. The van der Waals surface area contributed by atoms with Gasteiger partial charge >= 0.3 is 0 Å². The van der Waals surface area contributed by atoms with Gasteiger partial charge in [-0.3, -0.25) is 9.69 Å². The summed E-state index contributed by atoms with van der Waals surface area (Å²) in [6, 6.07) is 10.7. The minimum atomic E-state index is 0.348. The summed E-state index contributed by atoms with van der Waals surface area (Å²) in [5.74, 6) is 2.38. The molecule has 5 heteroatoms. The minimum absolute atomic E-state index is 0.348. The summed E-state index contributed by atoms with van der Waals surface area (Å²) < 4.78 is 2.10. The van der Waals surface area contributed by atoms with Crippen LogP contribution in [-0.2, 0) is 18.4 Å². The van der Waals surface area contributed by atoms with Gasteiger partial charge in [0.2, 0.25) is 5.91 Å². The first kappa shape index (κ1) is 19.2. The highest BCUT2D eigenvalue weighted by atomic mass is 16.2. The third-order valence-electron chi connectivity index (χ3n) is 6.42. The van der Waals surface area contributed by atoms with Gasteiger partial charge < -0.3 is 9.47 Å². The fraction of sp³-hybridized carbons (Fsp3) is 0.565. The van der Waals surface area contributed by atoms with Crippen molar-refractivity contribution >= 4 is 5.91 Å². The molecule has 0 bridgehead atoms. The number of rotatable bonds is 5. The van der Waals surface area contributed by atoms with E-state index in [1.54, 1.807) is 0 Å². The summed E-state index contributed by atoms with van der Waals surface area (Å²) in [5.41, 5.74) is 1.38. The lowest BCUT2D eigenvalue weighted by molar-refractivity contribution is -0.133. The van der Waals surface area contributed by atoms with Crippen LogP contribution >= 0.6 is 0 Å². The summed E-state index contributed by atoms with van der Waals surface area (Å²) in [4.78, 5) is 22.1. The molecule has 0 spiro atoms. The Bertz CT molecular complexity index is 764. The van der Waals surface area contributed by atoms with Crippen molar-refractivity contribution in [3.8, 4) is 0 Å². The molecule has 2 aliphatic rings. The Morgan fingerprint density at radius 1 is 1.11 bits per heavy atom. The van der Waals surface area contributed by atoms with Crippen LogP contribution in [0.25, 0.3) is 0 Å². The van der Waals surface area contributed by atoms with E-state index in [0.717, 1.165) is 64.2 Å². The van der Waals surface area contributed by atoms with Crippen LogP contribution in [0.15, 0.2) is 42.7 Å². The molecule has 28 heavy (non-hydrogen) atoms. The zero-order valence-corrected chi connectivity index (χ0v) is 17.0. The third-order valence-corrected chi connectivity index (χ3v) is 6.42. The lowest BCUT2D eigenvalue weighted by Gasteiger charge is -2.35. The maximum absolute atomic E-state index is 12.9. The minimum Gasteiger partial charge on any atom is -0.342 e. The summed E-state index contributed by atoms with van der Waals surface area (Å²) in [6.45, 7) is 4.97.